The molecule has 0 fully saturated rings. The second kappa shape index (κ2) is 9.52. The van der Waals surface area contributed by atoms with Gasteiger partial charge in [-0.15, -0.1) is 0 Å². The van der Waals surface area contributed by atoms with E-state index >= 15 is 0 Å². The number of methoxy groups -OCH3 is 3. The summed E-state index contributed by atoms with van der Waals surface area (Å²) in [6, 6.07) is 10.8. The minimum atomic E-state index is -0.260. The summed E-state index contributed by atoms with van der Waals surface area (Å²) in [5.41, 5.74) is 1.38. The van der Waals surface area contributed by atoms with Crippen LogP contribution in [0.5, 0.6) is 23.0 Å². The van der Waals surface area contributed by atoms with E-state index in [-0.39, 0.29) is 12.0 Å². The Bertz CT molecular complexity index is 797. The lowest BCUT2D eigenvalue weighted by atomic mass is 10.1. The van der Waals surface area contributed by atoms with Crippen molar-refractivity contribution in [2.45, 2.75) is 20.0 Å². The van der Waals surface area contributed by atoms with E-state index < -0.39 is 0 Å². The second-order valence-electron chi connectivity index (χ2n) is 5.94. The monoisotopic (exact) mass is 371 g/mol. The molecule has 0 unspecified atom stereocenters. The molecule has 0 atom stereocenters. The van der Waals surface area contributed by atoms with Crippen LogP contribution < -0.4 is 24.3 Å². The fourth-order valence-electron chi connectivity index (χ4n) is 2.49. The fourth-order valence-corrected chi connectivity index (χ4v) is 2.49. The highest BCUT2D eigenvalue weighted by molar-refractivity contribution is 6.02. The molecule has 0 spiro atoms. The number of amides is 1. The standard InChI is InChI=1S/C21H25NO5/c1-14(2)27-17-10-8-16(9-11-17)22-19(23)13-7-15-6-12-18(24-3)21(26-5)20(15)25-4/h6-14H,1-5H3,(H,22,23)/b13-7+. The van der Waals surface area contributed by atoms with Gasteiger partial charge >= 0.3 is 0 Å². The molecule has 1 N–H and O–H groups in total. The van der Waals surface area contributed by atoms with E-state index in [2.05, 4.69) is 5.32 Å². The Labute approximate surface area is 159 Å². The quantitative estimate of drug-likeness (QED) is 0.706. The first kappa shape index (κ1) is 20.2. The van der Waals surface area contributed by atoms with Crippen molar-refractivity contribution in [1.29, 1.82) is 0 Å². The molecule has 0 saturated heterocycles. The number of ether oxygens (including phenoxy) is 4. The molecule has 1 amide bonds. The van der Waals surface area contributed by atoms with Gasteiger partial charge in [0.2, 0.25) is 11.7 Å². The first-order valence-corrected chi connectivity index (χ1v) is 8.53. The van der Waals surface area contributed by atoms with Gasteiger partial charge in [-0.3, -0.25) is 4.79 Å². The normalized spacial score (nSPS) is 10.7. The van der Waals surface area contributed by atoms with Crippen LogP contribution >= 0.6 is 0 Å². The number of nitrogens with one attached hydrogen (secondary N) is 1. The molecule has 2 rings (SSSR count). The summed E-state index contributed by atoms with van der Waals surface area (Å²) in [5.74, 6) is 2.03. The van der Waals surface area contributed by atoms with Crippen LogP contribution in [0.4, 0.5) is 5.69 Å². The Kier molecular flexibility index (Phi) is 7.11. The minimum absolute atomic E-state index is 0.102. The van der Waals surface area contributed by atoms with E-state index in [0.29, 0.717) is 28.5 Å². The molecule has 2 aromatic carbocycles. The Hall–Kier alpha value is -3.15. The van der Waals surface area contributed by atoms with Gasteiger partial charge in [0, 0.05) is 17.3 Å². The lowest BCUT2D eigenvalue weighted by molar-refractivity contribution is -0.111. The molecule has 6 nitrogen and oxygen atoms in total. The molecule has 6 heteroatoms. The van der Waals surface area contributed by atoms with Crippen molar-refractivity contribution in [2.75, 3.05) is 26.6 Å². The van der Waals surface area contributed by atoms with Crippen molar-refractivity contribution in [2.24, 2.45) is 0 Å². The maximum atomic E-state index is 12.2. The zero-order chi connectivity index (χ0) is 19.8. The van der Waals surface area contributed by atoms with Crippen LogP contribution in [0.3, 0.4) is 0 Å². The highest BCUT2D eigenvalue weighted by Crippen LogP contribution is 2.40. The minimum Gasteiger partial charge on any atom is -0.493 e. The molecule has 144 valence electrons. The summed E-state index contributed by atoms with van der Waals surface area (Å²) < 4.78 is 21.6. The van der Waals surface area contributed by atoms with Gasteiger partial charge in [0.05, 0.1) is 27.4 Å². The summed E-state index contributed by atoms with van der Waals surface area (Å²) in [5, 5.41) is 2.80. The predicted octanol–water partition coefficient (Wildman–Crippen LogP) is 4.15. The highest BCUT2D eigenvalue weighted by atomic mass is 16.5. The maximum Gasteiger partial charge on any atom is 0.248 e. The molecule has 0 aromatic heterocycles. The van der Waals surface area contributed by atoms with Crippen LogP contribution in [0.2, 0.25) is 0 Å². The SMILES string of the molecule is COc1ccc(/C=C/C(=O)Nc2ccc(OC(C)C)cc2)c(OC)c1OC. The Morgan fingerprint density at radius 3 is 2.15 bits per heavy atom. The predicted molar refractivity (Wildman–Crippen MR) is 106 cm³/mol. The molecule has 0 aliphatic carbocycles. The number of hydrogen-bond acceptors (Lipinski definition) is 5. The molecular weight excluding hydrogens is 346 g/mol. The van der Waals surface area contributed by atoms with Crippen LogP contribution in [-0.4, -0.2) is 33.3 Å². The number of carbonyl (C=O) groups is 1. The molecule has 0 bridgehead atoms. The van der Waals surface area contributed by atoms with Gasteiger partial charge in [0.1, 0.15) is 5.75 Å². The Morgan fingerprint density at radius 2 is 1.59 bits per heavy atom. The van der Waals surface area contributed by atoms with Crippen molar-refractivity contribution in [3.8, 4) is 23.0 Å². The first-order chi connectivity index (χ1) is 13.0. The molecule has 0 radical (unpaired) electrons. The van der Waals surface area contributed by atoms with Crippen molar-refractivity contribution in [3.05, 3.63) is 48.0 Å². The van der Waals surface area contributed by atoms with E-state index in [1.54, 1.807) is 37.5 Å². The third-order valence-electron chi connectivity index (χ3n) is 3.64. The summed E-state index contributed by atoms with van der Waals surface area (Å²) in [6.07, 6.45) is 3.19. The summed E-state index contributed by atoms with van der Waals surface area (Å²) >= 11 is 0. The third kappa shape index (κ3) is 5.41. The van der Waals surface area contributed by atoms with Crippen LogP contribution in [-0.2, 0) is 4.79 Å². The van der Waals surface area contributed by atoms with Crippen molar-refractivity contribution in [1.82, 2.24) is 0 Å². The average Bonchev–Trinajstić information content (AvgIpc) is 2.66. The largest absolute Gasteiger partial charge is 0.493 e. The maximum absolute atomic E-state index is 12.2. The number of anilines is 1. The van der Waals surface area contributed by atoms with Crippen molar-refractivity contribution >= 4 is 17.7 Å². The van der Waals surface area contributed by atoms with E-state index in [4.69, 9.17) is 18.9 Å². The third-order valence-corrected chi connectivity index (χ3v) is 3.64. The first-order valence-electron chi connectivity index (χ1n) is 8.53. The second-order valence-corrected chi connectivity index (χ2v) is 5.94. The topological polar surface area (TPSA) is 66.0 Å². The van der Waals surface area contributed by atoms with Crippen LogP contribution in [0.25, 0.3) is 6.08 Å². The van der Waals surface area contributed by atoms with Gasteiger partial charge in [0.15, 0.2) is 11.5 Å². The van der Waals surface area contributed by atoms with Gasteiger partial charge in [-0.2, -0.15) is 0 Å². The Morgan fingerprint density at radius 1 is 0.926 bits per heavy atom. The summed E-state index contributed by atoms with van der Waals surface area (Å²) in [7, 11) is 4.63. The number of carbonyl (C=O) groups excluding carboxylic acids is 1. The molecule has 0 heterocycles. The van der Waals surface area contributed by atoms with E-state index in [0.717, 1.165) is 5.75 Å². The average molecular weight is 371 g/mol. The summed E-state index contributed by atoms with van der Waals surface area (Å²) in [4.78, 5) is 12.2. The molecule has 27 heavy (non-hydrogen) atoms. The Balaban J connectivity index is 2.10. The fraction of sp³-hybridized carbons (Fsp3) is 0.286. The summed E-state index contributed by atoms with van der Waals surface area (Å²) in [6.45, 7) is 3.92. The van der Waals surface area contributed by atoms with E-state index in [1.165, 1.54) is 20.3 Å². The van der Waals surface area contributed by atoms with Crippen molar-refractivity contribution < 1.29 is 23.7 Å². The zero-order valence-electron chi connectivity index (χ0n) is 16.2. The molecule has 0 saturated carbocycles. The van der Waals surface area contributed by atoms with E-state index in [9.17, 15) is 4.79 Å². The van der Waals surface area contributed by atoms with Gasteiger partial charge in [-0.05, 0) is 56.3 Å². The van der Waals surface area contributed by atoms with Gasteiger partial charge < -0.3 is 24.3 Å². The van der Waals surface area contributed by atoms with E-state index in [1.807, 2.05) is 26.0 Å². The lowest BCUT2D eigenvalue weighted by Crippen LogP contribution is -2.08. The number of rotatable bonds is 8. The molecule has 0 aliphatic heterocycles. The smallest absolute Gasteiger partial charge is 0.248 e. The zero-order valence-corrected chi connectivity index (χ0v) is 16.2. The molecule has 0 aliphatic rings. The highest BCUT2D eigenvalue weighted by Gasteiger charge is 2.14. The van der Waals surface area contributed by atoms with Crippen LogP contribution in [0, 0.1) is 0 Å². The lowest BCUT2D eigenvalue weighted by Gasteiger charge is -2.14. The van der Waals surface area contributed by atoms with Crippen LogP contribution in [0.15, 0.2) is 42.5 Å². The van der Waals surface area contributed by atoms with Gasteiger partial charge in [-0.1, -0.05) is 0 Å². The number of benzene rings is 2. The molecular formula is C21H25NO5. The van der Waals surface area contributed by atoms with Crippen molar-refractivity contribution in [3.63, 3.8) is 0 Å². The van der Waals surface area contributed by atoms with Gasteiger partial charge in [-0.25, -0.2) is 0 Å². The van der Waals surface area contributed by atoms with Gasteiger partial charge in [0.25, 0.3) is 0 Å². The molecule has 2 aromatic rings. The number of hydrogen-bond donors (Lipinski definition) is 1. The van der Waals surface area contributed by atoms with Crippen LogP contribution in [0.1, 0.15) is 19.4 Å².